The van der Waals surface area contributed by atoms with Gasteiger partial charge in [-0.05, 0) is 18.2 Å². The quantitative estimate of drug-likeness (QED) is 0.599. The first kappa shape index (κ1) is 11.8. The Bertz CT molecular complexity index is 645. The zero-order valence-corrected chi connectivity index (χ0v) is 9.79. The predicted octanol–water partition coefficient (Wildman–Crippen LogP) is 1.33. The lowest BCUT2D eigenvalue weighted by Gasteiger charge is -2.11. The van der Waals surface area contributed by atoms with Gasteiger partial charge in [-0.2, -0.15) is 8.42 Å². The van der Waals surface area contributed by atoms with E-state index in [0.717, 1.165) is 6.08 Å². The fraction of sp³-hybridized carbons (Fsp3) is 0. The van der Waals surface area contributed by atoms with Gasteiger partial charge in [0.25, 0.3) is 0 Å². The van der Waals surface area contributed by atoms with Crippen molar-refractivity contribution in [2.45, 2.75) is 0 Å². The van der Waals surface area contributed by atoms with E-state index in [1.807, 2.05) is 0 Å². The average Bonchev–Trinajstić information content (AvgIpc) is 2.22. The number of carbonyl (C=O) groups is 2. The summed E-state index contributed by atoms with van der Waals surface area (Å²) < 4.78 is 26.1. The first-order chi connectivity index (χ1) is 7.88. The van der Waals surface area contributed by atoms with E-state index >= 15 is 0 Å². The first-order valence-corrected chi connectivity index (χ1v) is 6.66. The normalized spacial score (nSPS) is 14.6. The van der Waals surface area contributed by atoms with E-state index < -0.39 is 20.9 Å². The van der Waals surface area contributed by atoms with E-state index in [1.54, 1.807) is 0 Å². The molecule has 0 saturated carbocycles. The molecule has 88 valence electrons. The van der Waals surface area contributed by atoms with Crippen LogP contribution in [0.1, 0.15) is 15.9 Å². The van der Waals surface area contributed by atoms with Crippen LogP contribution >= 0.6 is 10.7 Å². The summed E-state index contributed by atoms with van der Waals surface area (Å²) in [5.74, 6) is -1.46. The largest absolute Gasteiger partial charge is 0.401 e. The highest BCUT2D eigenvalue weighted by molar-refractivity contribution is 8.10. The van der Waals surface area contributed by atoms with Crippen molar-refractivity contribution in [2.75, 3.05) is 0 Å². The Hall–Kier alpha value is -1.66. The average molecular weight is 273 g/mol. The van der Waals surface area contributed by atoms with Gasteiger partial charge in [0, 0.05) is 11.1 Å². The number of ketones is 2. The summed E-state index contributed by atoms with van der Waals surface area (Å²) in [7, 11) is 0.750. The molecule has 0 fully saturated rings. The molecule has 1 aliphatic rings. The second kappa shape index (κ2) is 3.97. The van der Waals surface area contributed by atoms with Gasteiger partial charge in [-0.15, -0.1) is 0 Å². The molecule has 17 heavy (non-hydrogen) atoms. The number of benzene rings is 1. The van der Waals surface area contributed by atoms with Crippen molar-refractivity contribution >= 4 is 37.7 Å². The number of hydrogen-bond donors (Lipinski definition) is 0. The SMILES string of the molecule is O=C1C=Cc2c(OS(=O)(=O)Cl)cccc2C1=O. The van der Waals surface area contributed by atoms with Crippen LogP contribution in [-0.2, 0) is 14.1 Å². The molecule has 7 heteroatoms. The van der Waals surface area contributed by atoms with Crippen LogP contribution in [0.15, 0.2) is 24.3 Å². The zero-order valence-electron chi connectivity index (χ0n) is 8.21. The molecule has 0 aliphatic heterocycles. The maximum Gasteiger partial charge on any atom is 0.401 e. The summed E-state index contributed by atoms with van der Waals surface area (Å²) in [5.41, 5.74) is 0.316. The van der Waals surface area contributed by atoms with Gasteiger partial charge in [-0.3, -0.25) is 9.59 Å². The Morgan fingerprint density at radius 2 is 1.82 bits per heavy atom. The molecule has 0 aromatic heterocycles. The molecule has 0 unspecified atom stereocenters. The molecule has 0 amide bonds. The van der Waals surface area contributed by atoms with Crippen LogP contribution in [0.4, 0.5) is 0 Å². The molecule has 1 aromatic carbocycles. The molecule has 0 N–H and O–H groups in total. The molecule has 0 bridgehead atoms. The van der Waals surface area contributed by atoms with Crippen molar-refractivity contribution < 1.29 is 22.2 Å². The first-order valence-electron chi connectivity index (χ1n) is 4.42. The van der Waals surface area contributed by atoms with Gasteiger partial charge in [0.2, 0.25) is 11.6 Å². The van der Waals surface area contributed by atoms with Gasteiger partial charge in [0.05, 0.1) is 10.7 Å². The van der Waals surface area contributed by atoms with E-state index in [0.29, 0.717) is 0 Å². The Morgan fingerprint density at radius 3 is 2.47 bits per heavy atom. The Morgan fingerprint density at radius 1 is 1.12 bits per heavy atom. The molecule has 0 atom stereocenters. The maximum atomic E-state index is 11.5. The number of fused-ring (bicyclic) bond motifs is 1. The molecule has 2 rings (SSSR count). The van der Waals surface area contributed by atoms with Crippen LogP contribution in [0.2, 0.25) is 0 Å². The van der Waals surface area contributed by atoms with Gasteiger partial charge in [0.15, 0.2) is 5.75 Å². The zero-order chi connectivity index (χ0) is 12.6. The van der Waals surface area contributed by atoms with Gasteiger partial charge < -0.3 is 4.18 Å². The van der Waals surface area contributed by atoms with Crippen LogP contribution in [0, 0.1) is 0 Å². The molecular weight excluding hydrogens is 268 g/mol. The van der Waals surface area contributed by atoms with Crippen molar-refractivity contribution in [3.05, 3.63) is 35.4 Å². The van der Waals surface area contributed by atoms with Gasteiger partial charge in [0.1, 0.15) is 0 Å². The maximum absolute atomic E-state index is 11.5. The Balaban J connectivity index is 2.58. The third-order valence-corrected chi connectivity index (χ3v) is 2.69. The minimum Gasteiger partial charge on any atom is -0.370 e. The van der Waals surface area contributed by atoms with Crippen LogP contribution < -0.4 is 4.18 Å². The Kier molecular flexibility index (Phi) is 2.76. The van der Waals surface area contributed by atoms with Crippen molar-refractivity contribution in [3.8, 4) is 5.75 Å². The van der Waals surface area contributed by atoms with Crippen LogP contribution in [0.3, 0.4) is 0 Å². The lowest BCUT2D eigenvalue weighted by Crippen LogP contribution is -2.17. The van der Waals surface area contributed by atoms with Crippen molar-refractivity contribution in [1.82, 2.24) is 0 Å². The molecule has 1 aliphatic carbocycles. The highest BCUT2D eigenvalue weighted by atomic mass is 35.7. The Labute approximate surface area is 101 Å². The molecule has 0 heterocycles. The summed E-state index contributed by atoms with van der Waals surface area (Å²) >= 11 is 0. The van der Waals surface area contributed by atoms with E-state index in [9.17, 15) is 18.0 Å². The van der Waals surface area contributed by atoms with E-state index in [4.69, 9.17) is 10.7 Å². The van der Waals surface area contributed by atoms with Gasteiger partial charge >= 0.3 is 9.33 Å². The lowest BCUT2D eigenvalue weighted by atomic mass is 9.95. The number of halogens is 1. The molecule has 0 spiro atoms. The highest BCUT2D eigenvalue weighted by Crippen LogP contribution is 2.29. The molecule has 0 radical (unpaired) electrons. The topological polar surface area (TPSA) is 77.5 Å². The summed E-state index contributed by atoms with van der Waals surface area (Å²) in [6.07, 6.45) is 2.37. The number of allylic oxidation sites excluding steroid dienone is 1. The molecule has 0 saturated heterocycles. The second-order valence-electron chi connectivity index (χ2n) is 3.22. The fourth-order valence-corrected chi connectivity index (χ4v) is 2.02. The van der Waals surface area contributed by atoms with Crippen molar-refractivity contribution in [3.63, 3.8) is 0 Å². The number of Topliss-reactive ketones (excluding diaryl/α,β-unsaturated/α-hetero) is 1. The minimum absolute atomic E-state index is 0.0883. The third-order valence-electron chi connectivity index (χ3n) is 2.13. The monoisotopic (exact) mass is 272 g/mol. The molecule has 5 nitrogen and oxygen atoms in total. The van der Waals surface area contributed by atoms with Crippen LogP contribution in [0.5, 0.6) is 5.75 Å². The van der Waals surface area contributed by atoms with Gasteiger partial charge in [-0.1, -0.05) is 12.1 Å². The molecule has 1 aromatic rings. The standard InChI is InChI=1S/C10H5ClO5S/c11-17(14,15)16-9-3-1-2-7-6(9)4-5-8(12)10(7)13/h1-5H. The molecular formula is C10H5ClO5S. The third kappa shape index (κ3) is 2.37. The summed E-state index contributed by atoms with van der Waals surface area (Å²) in [5, 5.41) is 0. The summed E-state index contributed by atoms with van der Waals surface area (Å²) in [6.45, 7) is 0. The van der Waals surface area contributed by atoms with E-state index in [2.05, 4.69) is 4.18 Å². The lowest BCUT2D eigenvalue weighted by molar-refractivity contribution is -0.110. The predicted molar refractivity (Wildman–Crippen MR) is 60.2 cm³/mol. The van der Waals surface area contributed by atoms with Crippen LogP contribution in [0.25, 0.3) is 6.08 Å². The van der Waals surface area contributed by atoms with E-state index in [-0.39, 0.29) is 16.9 Å². The smallest absolute Gasteiger partial charge is 0.370 e. The number of hydrogen-bond acceptors (Lipinski definition) is 5. The number of carbonyl (C=O) groups excluding carboxylic acids is 2. The van der Waals surface area contributed by atoms with E-state index in [1.165, 1.54) is 24.3 Å². The highest BCUT2D eigenvalue weighted by Gasteiger charge is 2.24. The van der Waals surface area contributed by atoms with Crippen LogP contribution in [-0.4, -0.2) is 20.0 Å². The van der Waals surface area contributed by atoms with Gasteiger partial charge in [-0.25, -0.2) is 0 Å². The van der Waals surface area contributed by atoms with Crippen molar-refractivity contribution in [1.29, 1.82) is 0 Å². The summed E-state index contributed by atoms with van der Waals surface area (Å²) in [4.78, 5) is 22.6. The minimum atomic E-state index is -4.20. The number of rotatable bonds is 2. The summed E-state index contributed by atoms with van der Waals surface area (Å²) in [6, 6.07) is 4.15. The van der Waals surface area contributed by atoms with Crippen molar-refractivity contribution in [2.24, 2.45) is 0 Å². The second-order valence-corrected chi connectivity index (χ2v) is 5.31. The fourth-order valence-electron chi connectivity index (χ4n) is 1.46.